The monoisotopic (exact) mass is 219 g/mol. The second-order valence-electron chi connectivity index (χ2n) is 3.42. The van der Waals surface area contributed by atoms with E-state index < -0.39 is 0 Å². The Bertz CT molecular complexity index is 89.3. The van der Waals surface area contributed by atoms with Crippen LogP contribution < -0.4 is 5.32 Å². The van der Waals surface area contributed by atoms with Crippen molar-refractivity contribution in [2.75, 3.05) is 38.3 Å². The minimum Gasteiger partial charge on any atom is -0.383 e. The highest BCUT2D eigenvalue weighted by molar-refractivity contribution is 7.99. The molecule has 0 fully saturated rings. The summed E-state index contributed by atoms with van der Waals surface area (Å²) in [6.07, 6.45) is 5.33. The normalized spacial score (nSPS) is 10.7. The van der Waals surface area contributed by atoms with E-state index in [2.05, 4.69) is 24.0 Å². The van der Waals surface area contributed by atoms with Crippen molar-refractivity contribution in [3.63, 3.8) is 0 Å². The molecule has 1 N–H and O–H groups in total. The molecule has 0 saturated heterocycles. The number of nitrogens with one attached hydrogen (secondary N) is 1. The summed E-state index contributed by atoms with van der Waals surface area (Å²) in [5.41, 5.74) is 0. The maximum Gasteiger partial charge on any atom is 0.0587 e. The Morgan fingerprint density at radius 3 is 2.57 bits per heavy atom. The predicted octanol–water partition coefficient (Wildman–Crippen LogP) is 2.54. The first kappa shape index (κ1) is 14.3. The molecule has 0 spiro atoms. The topological polar surface area (TPSA) is 21.3 Å². The third-order valence-electron chi connectivity index (χ3n) is 2.02. The summed E-state index contributed by atoms with van der Waals surface area (Å²) < 4.78 is 4.95. The molecule has 0 unspecified atom stereocenters. The summed E-state index contributed by atoms with van der Waals surface area (Å²) in [6, 6.07) is 0. The SMILES string of the molecule is CCCCSCCCCNCCOC. The van der Waals surface area contributed by atoms with E-state index in [1.165, 1.54) is 37.2 Å². The van der Waals surface area contributed by atoms with E-state index in [-0.39, 0.29) is 0 Å². The van der Waals surface area contributed by atoms with E-state index in [1.807, 2.05) is 0 Å². The number of thioether (sulfide) groups is 1. The molecule has 0 atom stereocenters. The third-order valence-corrected chi connectivity index (χ3v) is 3.17. The van der Waals surface area contributed by atoms with Gasteiger partial charge in [-0.15, -0.1) is 0 Å². The molecule has 2 nitrogen and oxygen atoms in total. The zero-order valence-electron chi connectivity index (χ0n) is 9.68. The maximum absolute atomic E-state index is 4.95. The van der Waals surface area contributed by atoms with Crippen LogP contribution in [-0.4, -0.2) is 38.3 Å². The van der Waals surface area contributed by atoms with Gasteiger partial charge in [0.1, 0.15) is 0 Å². The van der Waals surface area contributed by atoms with Gasteiger partial charge in [-0.1, -0.05) is 13.3 Å². The minimum atomic E-state index is 0.825. The first-order chi connectivity index (χ1) is 6.91. The Balaban J connectivity index is 2.78. The molecule has 0 aliphatic rings. The van der Waals surface area contributed by atoms with Crippen molar-refractivity contribution in [2.24, 2.45) is 0 Å². The molecular weight excluding hydrogens is 194 g/mol. The van der Waals surface area contributed by atoms with Crippen LogP contribution in [0.5, 0.6) is 0 Å². The van der Waals surface area contributed by atoms with Gasteiger partial charge in [-0.05, 0) is 37.3 Å². The summed E-state index contributed by atoms with van der Waals surface area (Å²) in [5, 5.41) is 3.35. The molecule has 0 aromatic rings. The Labute approximate surface area is 93.2 Å². The Morgan fingerprint density at radius 1 is 1.07 bits per heavy atom. The molecule has 0 rings (SSSR count). The second-order valence-corrected chi connectivity index (χ2v) is 4.64. The van der Waals surface area contributed by atoms with Gasteiger partial charge < -0.3 is 10.1 Å². The van der Waals surface area contributed by atoms with Crippen molar-refractivity contribution in [1.82, 2.24) is 5.32 Å². The number of methoxy groups -OCH3 is 1. The van der Waals surface area contributed by atoms with Crippen molar-refractivity contribution in [2.45, 2.75) is 32.6 Å². The molecule has 0 radical (unpaired) electrons. The highest BCUT2D eigenvalue weighted by atomic mass is 32.2. The first-order valence-electron chi connectivity index (χ1n) is 5.69. The van der Waals surface area contributed by atoms with E-state index in [0.29, 0.717) is 0 Å². The molecule has 3 heteroatoms. The molecule has 0 bridgehead atoms. The molecule has 86 valence electrons. The second kappa shape index (κ2) is 13.3. The average Bonchev–Trinajstić information content (AvgIpc) is 2.21. The van der Waals surface area contributed by atoms with Gasteiger partial charge in [-0.25, -0.2) is 0 Å². The van der Waals surface area contributed by atoms with Crippen LogP contribution in [0.4, 0.5) is 0 Å². The fraction of sp³-hybridized carbons (Fsp3) is 1.00. The number of rotatable bonds is 11. The lowest BCUT2D eigenvalue weighted by molar-refractivity contribution is 0.199. The summed E-state index contributed by atoms with van der Waals surface area (Å²) in [7, 11) is 1.74. The maximum atomic E-state index is 4.95. The number of hydrogen-bond acceptors (Lipinski definition) is 3. The molecular formula is C11H25NOS. The van der Waals surface area contributed by atoms with Gasteiger partial charge >= 0.3 is 0 Å². The molecule has 0 aromatic heterocycles. The van der Waals surface area contributed by atoms with Gasteiger partial charge in [0.25, 0.3) is 0 Å². The molecule has 0 heterocycles. The average molecular weight is 219 g/mol. The van der Waals surface area contributed by atoms with Crippen LogP contribution in [0.15, 0.2) is 0 Å². The molecule has 14 heavy (non-hydrogen) atoms. The van der Waals surface area contributed by atoms with Crippen molar-refractivity contribution < 1.29 is 4.74 Å². The van der Waals surface area contributed by atoms with Crippen molar-refractivity contribution in [1.29, 1.82) is 0 Å². The number of hydrogen-bond donors (Lipinski definition) is 1. The Morgan fingerprint density at radius 2 is 1.86 bits per heavy atom. The van der Waals surface area contributed by atoms with Crippen LogP contribution >= 0.6 is 11.8 Å². The van der Waals surface area contributed by atoms with Crippen LogP contribution in [0.1, 0.15) is 32.6 Å². The van der Waals surface area contributed by atoms with Gasteiger partial charge in [-0.2, -0.15) is 11.8 Å². The standard InChI is InChI=1S/C11H25NOS/c1-3-4-10-14-11-6-5-7-12-8-9-13-2/h12H,3-11H2,1-2H3. The van der Waals surface area contributed by atoms with Crippen LogP contribution in [0.3, 0.4) is 0 Å². The predicted molar refractivity (Wildman–Crippen MR) is 66.2 cm³/mol. The fourth-order valence-corrected chi connectivity index (χ4v) is 2.21. The quantitative estimate of drug-likeness (QED) is 0.540. The molecule has 0 aliphatic carbocycles. The lowest BCUT2D eigenvalue weighted by atomic mass is 10.3. The fourth-order valence-electron chi connectivity index (χ4n) is 1.10. The lowest BCUT2D eigenvalue weighted by Crippen LogP contribution is -2.20. The van der Waals surface area contributed by atoms with Gasteiger partial charge in [0.05, 0.1) is 6.61 Å². The summed E-state index contributed by atoms with van der Waals surface area (Å²) in [5.74, 6) is 2.67. The number of ether oxygens (including phenoxy) is 1. The van der Waals surface area contributed by atoms with Gasteiger partial charge in [-0.3, -0.25) is 0 Å². The zero-order chi connectivity index (χ0) is 10.5. The molecule has 0 amide bonds. The Hall–Kier alpha value is 0.270. The van der Waals surface area contributed by atoms with Crippen LogP contribution in [0.2, 0.25) is 0 Å². The molecule has 0 saturated carbocycles. The summed E-state index contributed by atoms with van der Waals surface area (Å²) in [4.78, 5) is 0. The smallest absolute Gasteiger partial charge is 0.0587 e. The van der Waals surface area contributed by atoms with E-state index >= 15 is 0 Å². The largest absolute Gasteiger partial charge is 0.383 e. The van der Waals surface area contributed by atoms with E-state index in [1.54, 1.807) is 7.11 Å². The van der Waals surface area contributed by atoms with Crippen molar-refractivity contribution in [3.8, 4) is 0 Å². The van der Waals surface area contributed by atoms with Crippen molar-refractivity contribution >= 4 is 11.8 Å². The van der Waals surface area contributed by atoms with E-state index in [9.17, 15) is 0 Å². The summed E-state index contributed by atoms with van der Waals surface area (Å²) in [6.45, 7) is 5.20. The highest BCUT2D eigenvalue weighted by Gasteiger charge is 1.90. The third kappa shape index (κ3) is 12.3. The van der Waals surface area contributed by atoms with E-state index in [4.69, 9.17) is 4.74 Å². The van der Waals surface area contributed by atoms with Crippen LogP contribution in [0, 0.1) is 0 Å². The van der Waals surface area contributed by atoms with Gasteiger partial charge in [0.15, 0.2) is 0 Å². The Kier molecular flexibility index (Phi) is 13.5. The number of unbranched alkanes of at least 4 members (excludes halogenated alkanes) is 2. The van der Waals surface area contributed by atoms with E-state index in [0.717, 1.165) is 19.7 Å². The lowest BCUT2D eigenvalue weighted by Gasteiger charge is -2.03. The first-order valence-corrected chi connectivity index (χ1v) is 6.84. The summed E-state index contributed by atoms with van der Waals surface area (Å²) >= 11 is 2.09. The van der Waals surface area contributed by atoms with Gasteiger partial charge in [0, 0.05) is 13.7 Å². The zero-order valence-corrected chi connectivity index (χ0v) is 10.5. The van der Waals surface area contributed by atoms with Gasteiger partial charge in [0.2, 0.25) is 0 Å². The van der Waals surface area contributed by atoms with Crippen LogP contribution in [0.25, 0.3) is 0 Å². The highest BCUT2D eigenvalue weighted by Crippen LogP contribution is 2.06. The van der Waals surface area contributed by atoms with Crippen molar-refractivity contribution in [3.05, 3.63) is 0 Å². The molecule has 0 aromatic carbocycles. The van der Waals surface area contributed by atoms with Crippen LogP contribution in [-0.2, 0) is 4.74 Å². The molecule has 0 aliphatic heterocycles. The minimum absolute atomic E-state index is 0.825.